The second kappa shape index (κ2) is 9.68. The lowest BCUT2D eigenvalue weighted by Gasteiger charge is -2.12. The number of hydrogen-bond acceptors (Lipinski definition) is 4. The fourth-order valence-corrected chi connectivity index (χ4v) is 3.47. The molecule has 0 bridgehead atoms. The van der Waals surface area contributed by atoms with Crippen LogP contribution in [0.1, 0.15) is 54.8 Å². The van der Waals surface area contributed by atoms with E-state index in [2.05, 4.69) is 41.6 Å². The van der Waals surface area contributed by atoms with Gasteiger partial charge < -0.3 is 10.5 Å². The first kappa shape index (κ1) is 18.0. The molecule has 0 fully saturated rings. The Labute approximate surface area is 143 Å². The molecule has 0 aliphatic rings. The molecule has 0 aliphatic carbocycles. The molecule has 1 aromatic carbocycles. The van der Waals surface area contributed by atoms with Crippen LogP contribution in [0, 0.1) is 6.92 Å². The summed E-state index contributed by atoms with van der Waals surface area (Å²) in [4.78, 5) is 4.57. The van der Waals surface area contributed by atoms with Gasteiger partial charge in [0.25, 0.3) is 0 Å². The van der Waals surface area contributed by atoms with Crippen LogP contribution in [0.25, 0.3) is 0 Å². The molecule has 126 valence electrons. The van der Waals surface area contributed by atoms with Crippen LogP contribution >= 0.6 is 11.3 Å². The Morgan fingerprint density at radius 2 is 1.96 bits per heavy atom. The summed E-state index contributed by atoms with van der Waals surface area (Å²) in [7, 11) is 0. The first-order valence-electron chi connectivity index (χ1n) is 8.56. The van der Waals surface area contributed by atoms with E-state index in [1.807, 2.05) is 6.92 Å². The van der Waals surface area contributed by atoms with E-state index in [1.165, 1.54) is 24.8 Å². The lowest BCUT2D eigenvalue weighted by Crippen LogP contribution is -2.15. The summed E-state index contributed by atoms with van der Waals surface area (Å²) in [6.45, 7) is 5.69. The minimum atomic E-state index is 0.300. The molecule has 1 atom stereocenters. The molecule has 0 amide bonds. The van der Waals surface area contributed by atoms with Gasteiger partial charge in [0.15, 0.2) is 0 Å². The zero-order chi connectivity index (χ0) is 16.5. The zero-order valence-electron chi connectivity index (χ0n) is 14.3. The second-order valence-corrected chi connectivity index (χ2v) is 6.91. The fourth-order valence-electron chi connectivity index (χ4n) is 2.56. The summed E-state index contributed by atoms with van der Waals surface area (Å²) in [5.41, 5.74) is 8.30. The Hall–Kier alpha value is -1.39. The number of hydrogen-bond donors (Lipinski definition) is 1. The molecule has 0 radical (unpaired) electrons. The van der Waals surface area contributed by atoms with Gasteiger partial charge in [-0.3, -0.25) is 0 Å². The molecule has 0 saturated heterocycles. The van der Waals surface area contributed by atoms with Crippen LogP contribution in [0.2, 0.25) is 0 Å². The van der Waals surface area contributed by atoms with Gasteiger partial charge in [-0.1, -0.05) is 38.3 Å². The van der Waals surface area contributed by atoms with Crippen LogP contribution in [0.5, 0.6) is 5.75 Å². The minimum Gasteiger partial charge on any atom is -0.494 e. The first-order valence-corrected chi connectivity index (χ1v) is 9.44. The molecule has 2 aromatic rings. The molecule has 0 aliphatic heterocycles. The van der Waals surface area contributed by atoms with Gasteiger partial charge in [-0.25, -0.2) is 4.98 Å². The van der Waals surface area contributed by atoms with E-state index in [-0.39, 0.29) is 0 Å². The van der Waals surface area contributed by atoms with Crippen molar-refractivity contribution >= 4 is 11.3 Å². The van der Waals surface area contributed by atoms with Crippen molar-refractivity contribution in [3.05, 3.63) is 45.9 Å². The number of aromatic nitrogens is 1. The van der Waals surface area contributed by atoms with E-state index in [1.54, 1.807) is 11.3 Å². The second-order valence-electron chi connectivity index (χ2n) is 6.02. The number of nitrogens with two attached hydrogens (primary N) is 1. The summed E-state index contributed by atoms with van der Waals surface area (Å²) >= 11 is 1.71. The predicted molar refractivity (Wildman–Crippen MR) is 98.4 cm³/mol. The first-order chi connectivity index (χ1) is 11.2. The quantitative estimate of drug-likeness (QED) is 0.642. The van der Waals surface area contributed by atoms with Crippen LogP contribution in [0.3, 0.4) is 0 Å². The molecule has 2 rings (SSSR count). The van der Waals surface area contributed by atoms with Crippen LogP contribution < -0.4 is 10.5 Å². The summed E-state index contributed by atoms with van der Waals surface area (Å²) in [6.07, 6.45) is 5.86. The Morgan fingerprint density at radius 1 is 1.17 bits per heavy atom. The van der Waals surface area contributed by atoms with Crippen LogP contribution in [-0.2, 0) is 6.42 Å². The Kier molecular flexibility index (Phi) is 7.56. The number of thiazole rings is 1. The maximum atomic E-state index is 5.94. The van der Waals surface area contributed by atoms with Crippen LogP contribution in [-0.4, -0.2) is 18.1 Å². The van der Waals surface area contributed by atoms with E-state index in [9.17, 15) is 0 Å². The smallest absolute Gasteiger partial charge is 0.119 e. The number of benzene rings is 1. The standard InChI is InChI=1S/C19H28N2OS/c1-3-4-5-6-11-22-18-9-7-16(8-10-18)12-17(13-20)19-21-15(2)14-23-19/h7-10,14,17H,3-6,11-13,20H2,1-2H3. The largest absolute Gasteiger partial charge is 0.494 e. The SMILES string of the molecule is CCCCCCOc1ccc(CC(CN)c2nc(C)cs2)cc1. The summed E-state index contributed by atoms with van der Waals surface area (Å²) in [6, 6.07) is 8.42. The Morgan fingerprint density at radius 3 is 2.57 bits per heavy atom. The van der Waals surface area contributed by atoms with Gasteiger partial charge in [0.1, 0.15) is 5.75 Å². The van der Waals surface area contributed by atoms with Crippen molar-refractivity contribution in [2.24, 2.45) is 5.73 Å². The van der Waals surface area contributed by atoms with Gasteiger partial charge in [-0.15, -0.1) is 11.3 Å². The highest BCUT2D eigenvalue weighted by atomic mass is 32.1. The molecule has 4 heteroatoms. The van der Waals surface area contributed by atoms with Gasteiger partial charge in [-0.2, -0.15) is 0 Å². The average Bonchev–Trinajstić information content (AvgIpc) is 3.00. The monoisotopic (exact) mass is 332 g/mol. The molecule has 3 nitrogen and oxygen atoms in total. The molecular weight excluding hydrogens is 304 g/mol. The number of unbranched alkanes of at least 4 members (excludes halogenated alkanes) is 3. The van der Waals surface area contributed by atoms with Gasteiger partial charge in [-0.05, 0) is 37.5 Å². The zero-order valence-corrected chi connectivity index (χ0v) is 15.1. The van der Waals surface area contributed by atoms with Crippen molar-refractivity contribution in [2.75, 3.05) is 13.2 Å². The summed E-state index contributed by atoms with van der Waals surface area (Å²) < 4.78 is 5.79. The summed E-state index contributed by atoms with van der Waals surface area (Å²) in [5.74, 6) is 1.26. The lowest BCUT2D eigenvalue weighted by atomic mass is 10.00. The topological polar surface area (TPSA) is 48.1 Å². The molecule has 0 saturated carbocycles. The van der Waals surface area contributed by atoms with Crippen molar-refractivity contribution in [3.63, 3.8) is 0 Å². The van der Waals surface area contributed by atoms with E-state index < -0.39 is 0 Å². The predicted octanol–water partition coefficient (Wildman–Crippen LogP) is 4.70. The highest BCUT2D eigenvalue weighted by molar-refractivity contribution is 7.09. The third kappa shape index (κ3) is 5.96. The molecule has 1 heterocycles. The van der Waals surface area contributed by atoms with Crippen molar-refractivity contribution in [3.8, 4) is 5.75 Å². The molecular formula is C19H28N2OS. The van der Waals surface area contributed by atoms with Crippen LogP contribution in [0.4, 0.5) is 0 Å². The summed E-state index contributed by atoms with van der Waals surface area (Å²) in [5, 5.41) is 3.23. The molecule has 0 spiro atoms. The number of nitrogens with zero attached hydrogens (tertiary/aromatic N) is 1. The minimum absolute atomic E-state index is 0.300. The Balaban J connectivity index is 1.84. The molecule has 2 N–H and O–H groups in total. The average molecular weight is 333 g/mol. The van der Waals surface area contributed by atoms with Crippen LogP contribution in [0.15, 0.2) is 29.6 Å². The van der Waals surface area contributed by atoms with Gasteiger partial charge in [0.05, 0.1) is 11.6 Å². The van der Waals surface area contributed by atoms with E-state index in [0.29, 0.717) is 12.5 Å². The van der Waals surface area contributed by atoms with Gasteiger partial charge in [0.2, 0.25) is 0 Å². The third-order valence-electron chi connectivity index (χ3n) is 3.94. The van der Waals surface area contributed by atoms with Crippen molar-refractivity contribution in [1.82, 2.24) is 4.98 Å². The number of aryl methyl sites for hydroxylation is 1. The molecule has 1 aromatic heterocycles. The highest BCUT2D eigenvalue weighted by Crippen LogP contribution is 2.24. The molecule has 1 unspecified atom stereocenters. The highest BCUT2D eigenvalue weighted by Gasteiger charge is 2.14. The van der Waals surface area contributed by atoms with Crippen molar-refractivity contribution < 1.29 is 4.74 Å². The van der Waals surface area contributed by atoms with Gasteiger partial charge >= 0.3 is 0 Å². The fraction of sp³-hybridized carbons (Fsp3) is 0.526. The van der Waals surface area contributed by atoms with Crippen molar-refractivity contribution in [1.29, 1.82) is 0 Å². The molecule has 23 heavy (non-hydrogen) atoms. The van der Waals surface area contributed by atoms with E-state index >= 15 is 0 Å². The third-order valence-corrected chi connectivity index (χ3v) is 5.07. The number of ether oxygens (including phenoxy) is 1. The maximum absolute atomic E-state index is 5.94. The number of rotatable bonds is 10. The lowest BCUT2D eigenvalue weighted by molar-refractivity contribution is 0.305. The Bertz CT molecular complexity index is 565. The normalized spacial score (nSPS) is 12.3. The maximum Gasteiger partial charge on any atom is 0.119 e. The van der Waals surface area contributed by atoms with Gasteiger partial charge in [0, 0.05) is 23.5 Å². The van der Waals surface area contributed by atoms with Crippen molar-refractivity contribution in [2.45, 2.75) is 51.9 Å². The van der Waals surface area contributed by atoms with E-state index in [4.69, 9.17) is 10.5 Å². The van der Waals surface area contributed by atoms with E-state index in [0.717, 1.165) is 35.9 Å².